The molecule has 1 N–H and O–H groups in total. The van der Waals surface area contributed by atoms with Crippen molar-refractivity contribution in [2.75, 3.05) is 18.5 Å². The normalized spacial score (nSPS) is 15.5. The number of benzene rings is 1. The number of aromatic nitrogens is 3. The fourth-order valence-electron chi connectivity index (χ4n) is 3.35. The maximum Gasteiger partial charge on any atom is 0.419 e. The number of amides is 1. The molecule has 136 valence electrons. The maximum atomic E-state index is 12.7. The smallest absolute Gasteiger partial charge is 0.408 e. The SMILES string of the molecule is Cc1c(C(=O)Nc2ccc3oc(=O)n(C)c3c2)cnn1C1CCOCC1. The van der Waals surface area contributed by atoms with Gasteiger partial charge in [0.25, 0.3) is 5.91 Å². The Labute approximate surface area is 149 Å². The zero-order valence-corrected chi connectivity index (χ0v) is 14.7. The van der Waals surface area contributed by atoms with Crippen molar-refractivity contribution in [2.45, 2.75) is 25.8 Å². The average Bonchev–Trinajstić information content (AvgIpc) is 3.16. The monoisotopic (exact) mass is 356 g/mol. The Hall–Kier alpha value is -2.87. The third kappa shape index (κ3) is 2.82. The fourth-order valence-corrected chi connectivity index (χ4v) is 3.35. The van der Waals surface area contributed by atoms with Gasteiger partial charge in [-0.25, -0.2) is 4.79 Å². The minimum Gasteiger partial charge on any atom is -0.408 e. The van der Waals surface area contributed by atoms with Crippen LogP contribution >= 0.6 is 0 Å². The van der Waals surface area contributed by atoms with Crippen LogP contribution < -0.4 is 11.1 Å². The Balaban J connectivity index is 1.57. The van der Waals surface area contributed by atoms with Gasteiger partial charge in [-0.3, -0.25) is 14.0 Å². The second kappa shape index (κ2) is 6.45. The van der Waals surface area contributed by atoms with Gasteiger partial charge in [-0.05, 0) is 38.0 Å². The topological polar surface area (TPSA) is 91.3 Å². The van der Waals surface area contributed by atoms with Crippen LogP contribution in [0.2, 0.25) is 0 Å². The molecule has 8 nitrogen and oxygen atoms in total. The minimum absolute atomic E-state index is 0.228. The molecule has 0 saturated carbocycles. The molecular weight excluding hydrogens is 336 g/mol. The minimum atomic E-state index is -0.433. The van der Waals surface area contributed by atoms with Gasteiger partial charge >= 0.3 is 5.76 Å². The maximum absolute atomic E-state index is 12.7. The summed E-state index contributed by atoms with van der Waals surface area (Å²) in [6.45, 7) is 3.34. The highest BCUT2D eigenvalue weighted by Crippen LogP contribution is 2.24. The van der Waals surface area contributed by atoms with E-state index in [4.69, 9.17) is 9.15 Å². The molecule has 1 aliphatic rings. The summed E-state index contributed by atoms with van der Waals surface area (Å²) in [5, 5.41) is 7.28. The van der Waals surface area contributed by atoms with E-state index in [-0.39, 0.29) is 11.9 Å². The van der Waals surface area contributed by atoms with Crippen molar-refractivity contribution in [3.8, 4) is 0 Å². The molecule has 4 rings (SSSR count). The largest absolute Gasteiger partial charge is 0.419 e. The van der Waals surface area contributed by atoms with Crippen LogP contribution in [0.4, 0.5) is 5.69 Å². The van der Waals surface area contributed by atoms with Crippen molar-refractivity contribution >= 4 is 22.7 Å². The van der Waals surface area contributed by atoms with Crippen molar-refractivity contribution in [1.29, 1.82) is 0 Å². The first-order chi connectivity index (χ1) is 12.5. The predicted octanol–water partition coefficient (Wildman–Crippen LogP) is 2.24. The summed E-state index contributed by atoms with van der Waals surface area (Å²) in [6, 6.07) is 5.37. The zero-order chi connectivity index (χ0) is 18.3. The summed E-state index contributed by atoms with van der Waals surface area (Å²) < 4.78 is 13.8. The number of ether oxygens (including phenoxy) is 1. The first-order valence-electron chi connectivity index (χ1n) is 8.57. The van der Waals surface area contributed by atoms with Gasteiger partial charge in [0.05, 0.1) is 23.3 Å². The van der Waals surface area contributed by atoms with E-state index in [1.54, 1.807) is 31.4 Å². The molecule has 0 atom stereocenters. The van der Waals surface area contributed by atoms with Gasteiger partial charge in [0.15, 0.2) is 5.58 Å². The van der Waals surface area contributed by atoms with E-state index in [1.165, 1.54) is 4.57 Å². The van der Waals surface area contributed by atoms with Gasteiger partial charge in [-0.15, -0.1) is 0 Å². The quantitative estimate of drug-likeness (QED) is 0.777. The molecule has 0 radical (unpaired) electrons. The number of rotatable bonds is 3. The van der Waals surface area contributed by atoms with Gasteiger partial charge in [0, 0.05) is 31.6 Å². The van der Waals surface area contributed by atoms with Crippen LogP contribution in [0.1, 0.15) is 34.9 Å². The number of carbonyl (C=O) groups excluding carboxylic acids is 1. The van der Waals surface area contributed by atoms with E-state index in [1.807, 2.05) is 11.6 Å². The van der Waals surface area contributed by atoms with Crippen molar-refractivity contribution in [3.05, 3.63) is 46.2 Å². The van der Waals surface area contributed by atoms with Crippen molar-refractivity contribution in [3.63, 3.8) is 0 Å². The number of nitrogens with one attached hydrogen (secondary N) is 1. The first kappa shape index (κ1) is 16.6. The predicted molar refractivity (Wildman–Crippen MR) is 95.5 cm³/mol. The van der Waals surface area contributed by atoms with E-state index < -0.39 is 5.76 Å². The molecular formula is C18H20N4O4. The molecule has 26 heavy (non-hydrogen) atoms. The molecule has 1 fully saturated rings. The Kier molecular flexibility index (Phi) is 4.12. The number of fused-ring (bicyclic) bond motifs is 1. The number of aryl methyl sites for hydroxylation is 1. The Morgan fingerprint density at radius 3 is 2.85 bits per heavy atom. The molecule has 8 heteroatoms. The lowest BCUT2D eigenvalue weighted by Gasteiger charge is -2.23. The van der Waals surface area contributed by atoms with Gasteiger partial charge < -0.3 is 14.5 Å². The first-order valence-corrected chi connectivity index (χ1v) is 8.57. The highest BCUT2D eigenvalue weighted by atomic mass is 16.5. The summed E-state index contributed by atoms with van der Waals surface area (Å²) in [7, 11) is 1.63. The second-order valence-electron chi connectivity index (χ2n) is 6.50. The number of hydrogen-bond acceptors (Lipinski definition) is 5. The van der Waals surface area contributed by atoms with Gasteiger partial charge in [-0.1, -0.05) is 0 Å². The molecule has 1 aliphatic heterocycles. The number of carbonyl (C=O) groups is 1. The van der Waals surface area contributed by atoms with Crippen molar-refractivity contribution in [1.82, 2.24) is 14.3 Å². The number of nitrogens with zero attached hydrogens (tertiary/aromatic N) is 3. The van der Waals surface area contributed by atoms with E-state index in [0.29, 0.717) is 22.4 Å². The molecule has 2 aromatic heterocycles. The summed E-state index contributed by atoms with van der Waals surface area (Å²) in [5.41, 5.74) is 3.09. The second-order valence-corrected chi connectivity index (χ2v) is 6.50. The van der Waals surface area contributed by atoms with Crippen LogP contribution in [0.25, 0.3) is 11.1 Å². The molecule has 1 saturated heterocycles. The summed E-state index contributed by atoms with van der Waals surface area (Å²) in [5.74, 6) is -0.661. The molecule has 0 bridgehead atoms. The summed E-state index contributed by atoms with van der Waals surface area (Å²) in [6.07, 6.45) is 3.40. The van der Waals surface area contributed by atoms with Crippen molar-refractivity contribution < 1.29 is 13.9 Å². The number of oxazole rings is 1. The molecule has 0 aliphatic carbocycles. The third-order valence-electron chi connectivity index (χ3n) is 4.88. The number of hydrogen-bond donors (Lipinski definition) is 1. The van der Waals surface area contributed by atoms with Gasteiger partial charge in [0.2, 0.25) is 0 Å². The van der Waals surface area contributed by atoms with E-state index in [2.05, 4.69) is 10.4 Å². The average molecular weight is 356 g/mol. The van der Waals surface area contributed by atoms with Crippen LogP contribution in [0.3, 0.4) is 0 Å². The van der Waals surface area contributed by atoms with Crippen LogP contribution in [0.5, 0.6) is 0 Å². The van der Waals surface area contributed by atoms with Crippen LogP contribution in [0, 0.1) is 6.92 Å². The van der Waals surface area contributed by atoms with E-state index in [0.717, 1.165) is 31.7 Å². The molecule has 1 aromatic carbocycles. The Morgan fingerprint density at radius 2 is 2.08 bits per heavy atom. The lowest BCUT2D eigenvalue weighted by Crippen LogP contribution is -2.22. The van der Waals surface area contributed by atoms with Crippen molar-refractivity contribution in [2.24, 2.45) is 7.05 Å². The molecule has 3 aromatic rings. The van der Waals surface area contributed by atoms with Gasteiger partial charge in [0.1, 0.15) is 0 Å². The van der Waals surface area contributed by atoms with Gasteiger partial charge in [-0.2, -0.15) is 5.10 Å². The third-order valence-corrected chi connectivity index (χ3v) is 4.88. The van der Waals surface area contributed by atoms with E-state index in [9.17, 15) is 9.59 Å². The lowest BCUT2D eigenvalue weighted by atomic mass is 10.1. The summed E-state index contributed by atoms with van der Waals surface area (Å²) >= 11 is 0. The van der Waals surface area contributed by atoms with Crippen LogP contribution in [-0.2, 0) is 11.8 Å². The van der Waals surface area contributed by atoms with E-state index >= 15 is 0 Å². The number of anilines is 1. The van der Waals surface area contributed by atoms with Crippen LogP contribution in [0.15, 0.2) is 33.6 Å². The Bertz CT molecular complexity index is 1020. The fraction of sp³-hybridized carbons (Fsp3) is 0.389. The van der Waals surface area contributed by atoms with Crippen LogP contribution in [-0.4, -0.2) is 33.5 Å². The highest BCUT2D eigenvalue weighted by molar-refractivity contribution is 6.05. The molecule has 1 amide bonds. The molecule has 0 spiro atoms. The summed E-state index contributed by atoms with van der Waals surface area (Å²) in [4.78, 5) is 24.3. The molecule has 3 heterocycles. The molecule has 0 unspecified atom stereocenters. The zero-order valence-electron chi connectivity index (χ0n) is 14.7. The highest BCUT2D eigenvalue weighted by Gasteiger charge is 2.22. The Morgan fingerprint density at radius 1 is 1.31 bits per heavy atom. The standard InChI is InChI=1S/C18H20N4O4/c1-11-14(10-19-22(11)13-5-7-25-8-6-13)17(23)20-12-3-4-16-15(9-12)21(2)18(24)26-16/h3-4,9-10,13H,5-8H2,1-2H3,(H,20,23). The lowest BCUT2D eigenvalue weighted by molar-refractivity contribution is 0.0656.